The summed E-state index contributed by atoms with van der Waals surface area (Å²) in [6.07, 6.45) is 0.649. The fourth-order valence-corrected chi connectivity index (χ4v) is 3.28. The van der Waals surface area contributed by atoms with Crippen molar-refractivity contribution in [1.82, 2.24) is 0 Å². The van der Waals surface area contributed by atoms with E-state index in [1.165, 1.54) is 6.07 Å². The van der Waals surface area contributed by atoms with Crippen LogP contribution in [-0.2, 0) is 6.42 Å². The van der Waals surface area contributed by atoms with E-state index in [1.54, 1.807) is 23.5 Å². The van der Waals surface area contributed by atoms with Crippen molar-refractivity contribution in [1.29, 1.82) is 0 Å². The average molecular weight is 348 g/mol. The van der Waals surface area contributed by atoms with Gasteiger partial charge in [0.15, 0.2) is 0 Å². The second-order valence-corrected chi connectivity index (χ2v) is 5.81. The highest BCUT2D eigenvalue weighted by atomic mass is 79.9. The maximum absolute atomic E-state index is 12.2. The van der Waals surface area contributed by atoms with Gasteiger partial charge in [0, 0.05) is 21.8 Å². The van der Waals surface area contributed by atoms with Crippen LogP contribution in [0.4, 0.5) is 8.78 Å². The van der Waals surface area contributed by atoms with Crippen LogP contribution in [-0.4, -0.2) is 6.61 Å². The Bertz CT molecular complexity index is 547. The molecule has 0 amide bonds. The predicted octanol–water partition coefficient (Wildman–Crippen LogP) is 4.35. The number of nitrogens with two attached hydrogens (primary N) is 1. The lowest BCUT2D eigenvalue weighted by atomic mass is 10.0. The fourth-order valence-electron chi connectivity index (χ4n) is 1.71. The number of halogens is 3. The Morgan fingerprint density at radius 2 is 2.11 bits per heavy atom. The highest BCUT2D eigenvalue weighted by molar-refractivity contribution is 9.10. The molecule has 0 aliphatic rings. The van der Waals surface area contributed by atoms with Gasteiger partial charge in [0.05, 0.1) is 0 Å². The summed E-state index contributed by atoms with van der Waals surface area (Å²) >= 11 is 5.05. The molecule has 0 radical (unpaired) electrons. The van der Waals surface area contributed by atoms with Crippen molar-refractivity contribution in [2.45, 2.75) is 19.1 Å². The van der Waals surface area contributed by atoms with Gasteiger partial charge in [-0.1, -0.05) is 12.1 Å². The Labute approximate surface area is 122 Å². The molecule has 1 aromatic carbocycles. The zero-order valence-corrected chi connectivity index (χ0v) is 12.3. The van der Waals surface area contributed by atoms with Crippen molar-refractivity contribution in [2.24, 2.45) is 5.73 Å². The third-order valence-corrected chi connectivity index (χ3v) is 4.56. The van der Waals surface area contributed by atoms with Crippen LogP contribution in [0.25, 0.3) is 0 Å². The maximum Gasteiger partial charge on any atom is 0.387 e. The first-order valence-corrected chi connectivity index (χ1v) is 7.25. The van der Waals surface area contributed by atoms with Crippen LogP contribution >= 0.6 is 27.3 Å². The lowest BCUT2D eigenvalue weighted by Gasteiger charge is -2.13. The van der Waals surface area contributed by atoms with Crippen molar-refractivity contribution < 1.29 is 13.5 Å². The van der Waals surface area contributed by atoms with Crippen molar-refractivity contribution in [3.05, 3.63) is 50.6 Å². The van der Waals surface area contributed by atoms with Crippen molar-refractivity contribution >= 4 is 27.3 Å². The summed E-state index contributed by atoms with van der Waals surface area (Å²) in [6.45, 7) is -2.82. The van der Waals surface area contributed by atoms with Crippen LogP contribution < -0.4 is 10.5 Å². The standard InChI is InChI=1S/C13H12BrF2NOS/c14-10-4-5-19-12(10)7-11(17)8-2-1-3-9(6-8)18-13(15)16/h1-6,11,13H,7,17H2. The van der Waals surface area contributed by atoms with Crippen molar-refractivity contribution in [3.63, 3.8) is 0 Å². The minimum absolute atomic E-state index is 0.133. The third-order valence-electron chi connectivity index (χ3n) is 2.61. The van der Waals surface area contributed by atoms with E-state index in [9.17, 15) is 8.78 Å². The van der Waals surface area contributed by atoms with Gasteiger partial charge in [-0.05, 0) is 45.1 Å². The topological polar surface area (TPSA) is 35.2 Å². The Morgan fingerprint density at radius 3 is 2.74 bits per heavy atom. The Morgan fingerprint density at radius 1 is 1.32 bits per heavy atom. The minimum Gasteiger partial charge on any atom is -0.435 e. The third kappa shape index (κ3) is 3.99. The van der Waals surface area contributed by atoms with E-state index in [4.69, 9.17) is 5.73 Å². The Kier molecular flexibility index (Phi) is 4.90. The summed E-state index contributed by atoms with van der Waals surface area (Å²) in [5, 5.41) is 1.97. The summed E-state index contributed by atoms with van der Waals surface area (Å²) in [6, 6.07) is 8.22. The lowest BCUT2D eigenvalue weighted by Crippen LogP contribution is -2.13. The van der Waals surface area contributed by atoms with Gasteiger partial charge in [0.2, 0.25) is 0 Å². The molecule has 0 bridgehead atoms. The van der Waals surface area contributed by atoms with Crippen LogP contribution in [0.1, 0.15) is 16.5 Å². The number of benzene rings is 1. The molecule has 2 N–H and O–H groups in total. The molecule has 102 valence electrons. The molecule has 19 heavy (non-hydrogen) atoms. The van der Waals surface area contributed by atoms with Gasteiger partial charge in [-0.3, -0.25) is 0 Å². The molecule has 0 fully saturated rings. The molecular weight excluding hydrogens is 336 g/mol. The molecule has 1 unspecified atom stereocenters. The van der Waals surface area contributed by atoms with E-state index in [0.717, 1.165) is 14.9 Å². The number of hydrogen-bond acceptors (Lipinski definition) is 3. The maximum atomic E-state index is 12.2. The number of thiophene rings is 1. The molecular formula is C13H12BrF2NOS. The molecule has 0 saturated heterocycles. The molecule has 6 heteroatoms. The normalized spacial score (nSPS) is 12.7. The summed E-state index contributed by atoms with van der Waals surface area (Å²) in [7, 11) is 0. The van der Waals surface area contributed by atoms with Crippen LogP contribution in [0.2, 0.25) is 0 Å². The first-order valence-electron chi connectivity index (χ1n) is 5.58. The highest BCUT2D eigenvalue weighted by Gasteiger charge is 2.12. The number of ether oxygens (including phenoxy) is 1. The first kappa shape index (κ1) is 14.4. The largest absolute Gasteiger partial charge is 0.435 e. The summed E-state index contributed by atoms with van der Waals surface area (Å²) < 4.78 is 29.7. The lowest BCUT2D eigenvalue weighted by molar-refractivity contribution is -0.0498. The monoisotopic (exact) mass is 347 g/mol. The van der Waals surface area contributed by atoms with Crippen LogP contribution in [0.3, 0.4) is 0 Å². The number of rotatable bonds is 5. The van der Waals surface area contributed by atoms with Crippen molar-refractivity contribution in [2.75, 3.05) is 0 Å². The smallest absolute Gasteiger partial charge is 0.387 e. The average Bonchev–Trinajstić information content (AvgIpc) is 2.74. The summed E-state index contributed by atoms with van der Waals surface area (Å²) in [5.74, 6) is 0.133. The van der Waals surface area contributed by atoms with Crippen LogP contribution in [0, 0.1) is 0 Å². The zero-order valence-electron chi connectivity index (χ0n) is 9.85. The Balaban J connectivity index is 2.10. The first-order chi connectivity index (χ1) is 9.06. The van der Waals surface area contributed by atoms with Gasteiger partial charge in [-0.15, -0.1) is 11.3 Å². The van der Waals surface area contributed by atoms with Gasteiger partial charge in [0.25, 0.3) is 0 Å². The van der Waals surface area contributed by atoms with Gasteiger partial charge in [0.1, 0.15) is 5.75 Å². The van der Waals surface area contributed by atoms with E-state index in [0.29, 0.717) is 6.42 Å². The predicted molar refractivity (Wildman–Crippen MR) is 75.7 cm³/mol. The minimum atomic E-state index is -2.82. The second-order valence-electron chi connectivity index (χ2n) is 3.95. The summed E-state index contributed by atoms with van der Waals surface area (Å²) in [5.41, 5.74) is 6.87. The molecule has 0 saturated carbocycles. The second kappa shape index (κ2) is 6.45. The zero-order chi connectivity index (χ0) is 13.8. The molecule has 0 aliphatic carbocycles. The quantitative estimate of drug-likeness (QED) is 0.872. The van der Waals surface area contributed by atoms with Crippen LogP contribution in [0.15, 0.2) is 40.2 Å². The van der Waals surface area contributed by atoms with Gasteiger partial charge >= 0.3 is 6.61 Å². The van der Waals surface area contributed by atoms with Gasteiger partial charge < -0.3 is 10.5 Å². The molecule has 2 nitrogen and oxygen atoms in total. The van der Waals surface area contributed by atoms with E-state index in [-0.39, 0.29) is 11.8 Å². The number of hydrogen-bond donors (Lipinski definition) is 1. The van der Waals surface area contributed by atoms with Crippen LogP contribution in [0.5, 0.6) is 5.75 Å². The Hall–Kier alpha value is -0.980. The molecule has 1 atom stereocenters. The SMILES string of the molecule is NC(Cc1sccc1Br)c1cccc(OC(F)F)c1. The highest BCUT2D eigenvalue weighted by Crippen LogP contribution is 2.28. The van der Waals surface area contributed by atoms with E-state index >= 15 is 0 Å². The van der Waals surface area contributed by atoms with E-state index < -0.39 is 6.61 Å². The molecule has 0 aliphatic heterocycles. The molecule has 2 aromatic rings. The van der Waals surface area contributed by atoms with Gasteiger partial charge in [-0.25, -0.2) is 0 Å². The fraction of sp³-hybridized carbons (Fsp3) is 0.231. The number of alkyl halides is 2. The summed E-state index contributed by atoms with van der Waals surface area (Å²) in [4.78, 5) is 1.13. The van der Waals surface area contributed by atoms with E-state index in [2.05, 4.69) is 20.7 Å². The van der Waals surface area contributed by atoms with E-state index in [1.807, 2.05) is 17.5 Å². The molecule has 1 aromatic heterocycles. The van der Waals surface area contributed by atoms with Gasteiger partial charge in [-0.2, -0.15) is 8.78 Å². The van der Waals surface area contributed by atoms with Crippen molar-refractivity contribution in [3.8, 4) is 5.75 Å². The molecule has 1 heterocycles. The molecule has 2 rings (SSSR count). The molecule has 0 spiro atoms.